The molecule has 25 atom stereocenters. The molecular weight excluding hydrogens is 1110 g/mol. The lowest BCUT2D eigenvalue weighted by atomic mass is 9.96. The molecule has 0 aromatic rings. The topological polar surface area (TPSA) is 497 Å². The van der Waals surface area contributed by atoms with E-state index in [0.29, 0.717) is 57.9 Å². The van der Waals surface area contributed by atoms with Gasteiger partial charge in [-0.1, -0.05) is 19.8 Å². The number of nitrogens with zero attached hydrogens (tertiary/aromatic N) is 2. The summed E-state index contributed by atoms with van der Waals surface area (Å²) < 4.78 is 56.5. The van der Waals surface area contributed by atoms with Gasteiger partial charge < -0.3 is 144 Å². The van der Waals surface area contributed by atoms with Gasteiger partial charge in [-0.2, -0.15) is 0 Å². The number of carbonyl (C=O) groups is 2. The minimum atomic E-state index is -1.97. The van der Waals surface area contributed by atoms with Crippen molar-refractivity contribution < 1.29 is 149 Å². The number of rotatable bonds is 34. The number of hydrogen-bond acceptors (Lipinski definition) is 31. The van der Waals surface area contributed by atoms with Crippen molar-refractivity contribution in [2.75, 3.05) is 85.6 Å². The Kier molecular flexibility index (Phi) is 30.3. The van der Waals surface area contributed by atoms with Crippen molar-refractivity contribution in [1.29, 1.82) is 0 Å². The minimum Gasteiger partial charge on any atom is -0.394 e. The molecule has 5 fully saturated rings. The molecule has 480 valence electrons. The fourth-order valence-corrected chi connectivity index (χ4v) is 9.97. The zero-order valence-electron chi connectivity index (χ0n) is 45.8. The third-order valence-electron chi connectivity index (χ3n) is 15.3. The molecule has 5 aliphatic heterocycles. The van der Waals surface area contributed by atoms with Crippen molar-refractivity contribution in [2.24, 2.45) is 0 Å². The largest absolute Gasteiger partial charge is 0.394 e. The number of Topliss-reactive ketones (excluding diaryl/α,β-unsaturated/α-hetero) is 1. The maximum Gasteiger partial charge on any atom is 0.222 e. The summed E-state index contributed by atoms with van der Waals surface area (Å²) in [5, 5.41) is 186. The summed E-state index contributed by atoms with van der Waals surface area (Å²) in [7, 11) is 0. The molecule has 0 radical (unpaired) electrons. The number of ketones is 1. The number of carbonyl (C=O) groups excluding carboxylic acids is 2. The van der Waals surface area contributed by atoms with Crippen molar-refractivity contribution in [1.82, 2.24) is 9.80 Å². The van der Waals surface area contributed by atoms with Crippen LogP contribution in [0.5, 0.6) is 0 Å². The zero-order valence-corrected chi connectivity index (χ0v) is 45.8. The molecule has 0 aromatic carbocycles. The van der Waals surface area contributed by atoms with Crippen LogP contribution in [0.25, 0.3) is 0 Å². The van der Waals surface area contributed by atoms with E-state index in [-0.39, 0.29) is 64.1 Å². The van der Waals surface area contributed by atoms with Crippen LogP contribution in [0.1, 0.15) is 64.7 Å². The second-order valence-corrected chi connectivity index (χ2v) is 21.1. The summed E-state index contributed by atoms with van der Waals surface area (Å²) in [6.45, 7) is -1.55. The van der Waals surface area contributed by atoms with E-state index in [2.05, 4.69) is 0 Å². The lowest BCUT2D eigenvalue weighted by Crippen LogP contribution is -2.65. The molecule has 32 nitrogen and oxygen atoms in total. The summed E-state index contributed by atoms with van der Waals surface area (Å²) in [6.07, 6.45) is -37.5. The van der Waals surface area contributed by atoms with Gasteiger partial charge in [0.05, 0.1) is 52.9 Å². The van der Waals surface area contributed by atoms with E-state index in [1.165, 1.54) is 4.90 Å². The molecule has 0 saturated carbocycles. The molecule has 0 aliphatic carbocycles. The van der Waals surface area contributed by atoms with Crippen LogP contribution in [-0.2, 0) is 57.0 Å². The van der Waals surface area contributed by atoms with Gasteiger partial charge in [0.1, 0.15) is 128 Å². The van der Waals surface area contributed by atoms with Crippen LogP contribution in [0.15, 0.2) is 0 Å². The predicted octanol–water partition coefficient (Wildman–Crippen LogP) is -9.69. The molecule has 82 heavy (non-hydrogen) atoms. The first-order valence-electron chi connectivity index (χ1n) is 28.0. The maximum atomic E-state index is 14.0. The predicted molar refractivity (Wildman–Crippen MR) is 270 cm³/mol. The molecule has 5 saturated heterocycles. The average Bonchev–Trinajstić information content (AvgIpc) is 3.60. The molecular formula is C50H90N2O30. The molecule has 5 rings (SSSR count). The Bertz CT molecular complexity index is 1770. The SMILES string of the molecule is CCC(=O)CCCCCN(CCO[C@H]1O[C@H](CO[C@H]2O[C@H](CO)[C@@H](O)[C@H](O)[C@@H]2O)[C@@H](O)[C@H](O[C@H]2O[C@H](CO)[C@@H](O)[C@H](O)[C@@H]2O)[C@@H]1O)C(=O)CCCCCN(CCO[C@H]1O[C@H](CO)[C@@H](O)[C@H](O)[C@@H]1O)CCO[C@H]1O[C@H](CO)[C@@H](O)[C@H](O)[C@@H]1O. The van der Waals surface area contributed by atoms with Gasteiger partial charge >= 0.3 is 0 Å². The molecule has 18 N–H and O–H groups in total. The summed E-state index contributed by atoms with van der Waals surface area (Å²) in [4.78, 5) is 29.3. The van der Waals surface area contributed by atoms with Gasteiger partial charge in [-0.25, -0.2) is 0 Å². The van der Waals surface area contributed by atoms with Crippen LogP contribution in [-0.4, -0.2) is 353 Å². The van der Waals surface area contributed by atoms with Crippen molar-refractivity contribution in [3.8, 4) is 0 Å². The van der Waals surface area contributed by atoms with Crippen LogP contribution in [0, 0.1) is 0 Å². The molecule has 1 amide bonds. The molecule has 5 heterocycles. The quantitative estimate of drug-likeness (QED) is 0.0266. The summed E-state index contributed by atoms with van der Waals surface area (Å²) >= 11 is 0. The van der Waals surface area contributed by atoms with Crippen molar-refractivity contribution >= 4 is 11.7 Å². The van der Waals surface area contributed by atoms with E-state index >= 15 is 0 Å². The van der Waals surface area contributed by atoms with Crippen molar-refractivity contribution in [3.63, 3.8) is 0 Å². The van der Waals surface area contributed by atoms with E-state index in [4.69, 9.17) is 47.4 Å². The number of unbranched alkanes of at least 4 members (excludes halogenated alkanes) is 4. The van der Waals surface area contributed by atoms with Crippen LogP contribution >= 0.6 is 0 Å². The highest BCUT2D eigenvalue weighted by Crippen LogP contribution is 2.32. The number of hydrogen-bond donors (Lipinski definition) is 18. The van der Waals surface area contributed by atoms with Gasteiger partial charge in [-0.05, 0) is 32.2 Å². The highest BCUT2D eigenvalue weighted by atomic mass is 16.8. The number of amides is 1. The van der Waals surface area contributed by atoms with Crippen LogP contribution in [0.3, 0.4) is 0 Å². The second kappa shape index (κ2) is 35.1. The first-order chi connectivity index (χ1) is 39.1. The van der Waals surface area contributed by atoms with Gasteiger partial charge in [0.25, 0.3) is 0 Å². The molecule has 32 heteroatoms. The molecule has 0 unspecified atom stereocenters. The van der Waals surface area contributed by atoms with Crippen LogP contribution in [0.4, 0.5) is 0 Å². The lowest BCUT2D eigenvalue weighted by molar-refractivity contribution is -0.366. The highest BCUT2D eigenvalue weighted by Gasteiger charge is 2.53. The van der Waals surface area contributed by atoms with Gasteiger partial charge in [-0.15, -0.1) is 0 Å². The monoisotopic (exact) mass is 1200 g/mol. The van der Waals surface area contributed by atoms with E-state index in [0.717, 1.165) is 0 Å². The Labute approximate surface area is 473 Å². The normalized spacial score (nSPS) is 40.1. The Hall–Kier alpha value is -2.02. The summed E-state index contributed by atoms with van der Waals surface area (Å²) in [5.74, 6) is -0.203. The van der Waals surface area contributed by atoms with E-state index in [1.54, 1.807) is 6.92 Å². The molecule has 0 aromatic heterocycles. The number of aliphatic hydroxyl groups excluding tert-OH is 18. The second-order valence-electron chi connectivity index (χ2n) is 21.1. The zero-order chi connectivity index (χ0) is 60.4. The summed E-state index contributed by atoms with van der Waals surface area (Å²) in [6, 6.07) is 0. The number of aliphatic hydroxyl groups is 18. The fourth-order valence-electron chi connectivity index (χ4n) is 9.97. The van der Waals surface area contributed by atoms with Gasteiger partial charge in [0, 0.05) is 45.4 Å². The smallest absolute Gasteiger partial charge is 0.222 e. The third-order valence-corrected chi connectivity index (χ3v) is 15.3. The van der Waals surface area contributed by atoms with E-state index in [9.17, 15) is 102 Å². The fraction of sp³-hybridized carbons (Fsp3) is 0.960. The third kappa shape index (κ3) is 19.2. The molecule has 5 aliphatic rings. The standard InChI is InChI=1S/C50H90N2O30/c1-2-24(57)9-5-3-8-12-52(30(58)10-6-4-7-11-51(13-16-73-46-40(68)36(64)31(59)25(19-53)77-46)14-17-74-47-41(69)37(65)32(60)26(20-54)78-47)15-18-75-49-44(72)45(82-50-43(71)39(67)34(62)28(22-56)80-50)35(63)29(81-49)23-76-48-42(70)38(66)33(61)27(21-55)79-48/h25-29,31-50,53-56,59-72H,2-23H2,1H3/t25-,26-,27-,28-,29-,31-,32-,33-,34-,35-,36+,37+,38+,39+,40+,41+,42+,43+,44+,45+,46+,47+,48+,49+,50-/m1/s1. The van der Waals surface area contributed by atoms with Gasteiger partial charge in [-0.3, -0.25) is 14.5 Å². The Balaban J connectivity index is 1.22. The van der Waals surface area contributed by atoms with Gasteiger partial charge in [0.2, 0.25) is 5.91 Å². The lowest BCUT2D eigenvalue weighted by Gasteiger charge is -2.46. The Morgan fingerprint density at radius 2 is 0.756 bits per heavy atom. The highest BCUT2D eigenvalue weighted by molar-refractivity contribution is 5.78. The van der Waals surface area contributed by atoms with Gasteiger partial charge in [0.15, 0.2) is 31.5 Å². The average molecular weight is 1200 g/mol. The summed E-state index contributed by atoms with van der Waals surface area (Å²) in [5.41, 5.74) is 0. The van der Waals surface area contributed by atoms with Crippen LogP contribution in [0.2, 0.25) is 0 Å². The first-order valence-corrected chi connectivity index (χ1v) is 28.0. The minimum absolute atomic E-state index is 0.0515. The Morgan fingerprint density at radius 1 is 0.378 bits per heavy atom. The molecule has 0 spiro atoms. The maximum absolute atomic E-state index is 14.0. The number of ether oxygens (including phenoxy) is 10. The van der Waals surface area contributed by atoms with Crippen LogP contribution < -0.4 is 0 Å². The van der Waals surface area contributed by atoms with E-state index < -0.39 is 187 Å². The van der Waals surface area contributed by atoms with Crippen molar-refractivity contribution in [3.05, 3.63) is 0 Å². The van der Waals surface area contributed by atoms with Crippen molar-refractivity contribution in [2.45, 2.75) is 218 Å². The first kappa shape index (κ1) is 70.7. The molecule has 0 bridgehead atoms. The van der Waals surface area contributed by atoms with E-state index in [1.807, 2.05) is 4.90 Å². The Morgan fingerprint density at radius 3 is 1.21 bits per heavy atom.